The van der Waals surface area contributed by atoms with Crippen LogP contribution in [0.2, 0.25) is 0 Å². The average Bonchev–Trinajstić information content (AvgIpc) is 3.24. The van der Waals surface area contributed by atoms with Crippen molar-refractivity contribution in [2.45, 2.75) is 6.92 Å². The first kappa shape index (κ1) is 19.2. The first-order valence-corrected chi connectivity index (χ1v) is 10.3. The molecular weight excluding hydrogens is 393 g/mol. The third-order valence-corrected chi connectivity index (χ3v) is 5.70. The largest absolute Gasteiger partial charge is 0.353 e. The first-order valence-electron chi connectivity index (χ1n) is 10.3. The Morgan fingerprint density at radius 3 is 2.52 bits per heavy atom. The minimum atomic E-state index is -0.219. The summed E-state index contributed by atoms with van der Waals surface area (Å²) in [6.07, 6.45) is 5.47. The number of benzene rings is 1. The monoisotopic (exact) mass is 415 g/mol. The van der Waals surface area contributed by atoms with Gasteiger partial charge in [0.2, 0.25) is 0 Å². The number of pyridine rings is 2. The van der Waals surface area contributed by atoms with E-state index in [0.717, 1.165) is 30.0 Å². The number of piperazine rings is 1. The Morgan fingerprint density at radius 2 is 1.77 bits per heavy atom. The van der Waals surface area contributed by atoms with Crippen molar-refractivity contribution in [1.82, 2.24) is 19.3 Å². The van der Waals surface area contributed by atoms with E-state index in [0.29, 0.717) is 30.0 Å². The normalized spacial score (nSPS) is 14.3. The van der Waals surface area contributed by atoms with E-state index in [-0.39, 0.29) is 11.7 Å². The molecule has 1 aromatic carbocycles. The summed E-state index contributed by atoms with van der Waals surface area (Å²) in [6, 6.07) is 14.7. The molecule has 4 aromatic rings. The van der Waals surface area contributed by atoms with Gasteiger partial charge in [-0.2, -0.15) is 0 Å². The molecule has 4 heterocycles. The zero-order chi connectivity index (χ0) is 21.4. The van der Waals surface area contributed by atoms with Gasteiger partial charge in [0.1, 0.15) is 23.0 Å². The lowest BCUT2D eigenvalue weighted by molar-refractivity contribution is 0.0741. The molecule has 0 atom stereocenters. The van der Waals surface area contributed by atoms with Gasteiger partial charge in [-0.3, -0.25) is 4.79 Å². The third kappa shape index (κ3) is 3.74. The van der Waals surface area contributed by atoms with Crippen molar-refractivity contribution < 1.29 is 9.18 Å². The van der Waals surface area contributed by atoms with Crippen LogP contribution in [-0.2, 0) is 0 Å². The molecule has 1 saturated heterocycles. The van der Waals surface area contributed by atoms with Crippen molar-refractivity contribution in [3.05, 3.63) is 84.2 Å². The zero-order valence-electron chi connectivity index (χ0n) is 17.2. The highest BCUT2D eigenvalue weighted by Gasteiger charge is 2.24. The summed E-state index contributed by atoms with van der Waals surface area (Å²) in [5, 5.41) is 0. The van der Waals surface area contributed by atoms with Crippen molar-refractivity contribution in [1.29, 1.82) is 0 Å². The van der Waals surface area contributed by atoms with Crippen LogP contribution in [0.5, 0.6) is 0 Å². The number of amides is 1. The number of hydrogen-bond donors (Lipinski definition) is 0. The fourth-order valence-corrected chi connectivity index (χ4v) is 3.93. The SMILES string of the molecule is Cc1cc(-c2ccc3nc(C(=O)N4CCN(c5ccccn5)CC4)cn3c2)ccc1F. The van der Waals surface area contributed by atoms with E-state index in [9.17, 15) is 9.18 Å². The predicted octanol–water partition coefficient (Wildman–Crippen LogP) is 3.81. The summed E-state index contributed by atoms with van der Waals surface area (Å²) in [7, 11) is 0. The predicted molar refractivity (Wildman–Crippen MR) is 118 cm³/mol. The molecular formula is C24H22FN5O. The topological polar surface area (TPSA) is 53.7 Å². The lowest BCUT2D eigenvalue weighted by atomic mass is 10.1. The van der Waals surface area contributed by atoms with Crippen LogP contribution in [0.4, 0.5) is 10.2 Å². The first-order chi connectivity index (χ1) is 15.1. The summed E-state index contributed by atoms with van der Waals surface area (Å²) in [5.74, 6) is 0.651. The highest BCUT2D eigenvalue weighted by atomic mass is 19.1. The van der Waals surface area contributed by atoms with E-state index in [2.05, 4.69) is 14.9 Å². The molecule has 1 aliphatic heterocycles. The molecule has 156 valence electrons. The Balaban J connectivity index is 1.33. The molecule has 5 rings (SSSR count). The Labute approximate surface area is 179 Å². The van der Waals surface area contributed by atoms with Gasteiger partial charge in [0, 0.05) is 44.8 Å². The van der Waals surface area contributed by atoms with Gasteiger partial charge < -0.3 is 14.2 Å². The maximum atomic E-state index is 13.6. The van der Waals surface area contributed by atoms with Crippen LogP contribution < -0.4 is 4.90 Å². The van der Waals surface area contributed by atoms with E-state index in [4.69, 9.17) is 0 Å². The quantitative estimate of drug-likeness (QED) is 0.511. The molecule has 31 heavy (non-hydrogen) atoms. The molecule has 1 aliphatic rings. The maximum absolute atomic E-state index is 13.6. The molecule has 0 bridgehead atoms. The fourth-order valence-electron chi connectivity index (χ4n) is 3.93. The van der Waals surface area contributed by atoms with E-state index in [1.807, 2.05) is 51.9 Å². The van der Waals surface area contributed by atoms with Crippen molar-refractivity contribution in [2.75, 3.05) is 31.1 Å². The lowest BCUT2D eigenvalue weighted by Gasteiger charge is -2.35. The van der Waals surface area contributed by atoms with Crippen molar-refractivity contribution in [3.63, 3.8) is 0 Å². The Kier molecular flexibility index (Phi) is 4.86. The number of aryl methyl sites for hydroxylation is 1. The van der Waals surface area contributed by atoms with Gasteiger partial charge in [-0.15, -0.1) is 0 Å². The molecule has 0 spiro atoms. The number of hydrogen-bond acceptors (Lipinski definition) is 4. The molecule has 0 saturated carbocycles. The second-order valence-corrected chi connectivity index (χ2v) is 7.74. The van der Waals surface area contributed by atoms with Gasteiger partial charge in [0.25, 0.3) is 5.91 Å². The van der Waals surface area contributed by atoms with Crippen molar-refractivity contribution in [2.24, 2.45) is 0 Å². The summed E-state index contributed by atoms with van der Waals surface area (Å²) < 4.78 is 15.4. The van der Waals surface area contributed by atoms with Crippen LogP contribution in [-0.4, -0.2) is 51.4 Å². The average molecular weight is 415 g/mol. The van der Waals surface area contributed by atoms with Crippen LogP contribution in [0.25, 0.3) is 16.8 Å². The number of imidazole rings is 1. The number of carbonyl (C=O) groups excluding carboxylic acids is 1. The van der Waals surface area contributed by atoms with Gasteiger partial charge in [0.15, 0.2) is 0 Å². The molecule has 6 nitrogen and oxygen atoms in total. The summed E-state index contributed by atoms with van der Waals surface area (Å²) in [4.78, 5) is 26.0. The molecule has 0 aliphatic carbocycles. The highest BCUT2D eigenvalue weighted by Crippen LogP contribution is 2.23. The Hall–Kier alpha value is -3.74. The minimum absolute atomic E-state index is 0.0662. The van der Waals surface area contributed by atoms with E-state index >= 15 is 0 Å². The van der Waals surface area contributed by atoms with Gasteiger partial charge in [-0.25, -0.2) is 14.4 Å². The maximum Gasteiger partial charge on any atom is 0.274 e. The van der Waals surface area contributed by atoms with Crippen LogP contribution in [0.1, 0.15) is 16.1 Å². The Bertz CT molecular complexity index is 1250. The number of nitrogens with zero attached hydrogens (tertiary/aromatic N) is 5. The van der Waals surface area contributed by atoms with Crippen LogP contribution in [0, 0.1) is 12.7 Å². The molecule has 0 radical (unpaired) electrons. The lowest BCUT2D eigenvalue weighted by Crippen LogP contribution is -2.49. The smallest absolute Gasteiger partial charge is 0.274 e. The van der Waals surface area contributed by atoms with Gasteiger partial charge in [-0.1, -0.05) is 12.1 Å². The zero-order valence-corrected chi connectivity index (χ0v) is 17.2. The highest BCUT2D eigenvalue weighted by molar-refractivity contribution is 5.93. The van der Waals surface area contributed by atoms with Crippen molar-refractivity contribution >= 4 is 17.4 Å². The van der Waals surface area contributed by atoms with E-state index < -0.39 is 0 Å². The molecule has 7 heteroatoms. The Morgan fingerprint density at radius 1 is 0.968 bits per heavy atom. The third-order valence-electron chi connectivity index (χ3n) is 5.70. The molecule has 0 unspecified atom stereocenters. The van der Waals surface area contributed by atoms with Crippen LogP contribution in [0.3, 0.4) is 0 Å². The van der Waals surface area contributed by atoms with Crippen LogP contribution >= 0.6 is 0 Å². The van der Waals surface area contributed by atoms with Gasteiger partial charge in [-0.05, 0) is 60.0 Å². The number of carbonyl (C=O) groups is 1. The molecule has 1 fully saturated rings. The second kappa shape index (κ2) is 7.83. The fraction of sp³-hybridized carbons (Fsp3) is 0.208. The number of fused-ring (bicyclic) bond motifs is 1. The van der Waals surface area contributed by atoms with E-state index in [1.165, 1.54) is 6.07 Å². The number of halogens is 1. The van der Waals surface area contributed by atoms with Gasteiger partial charge >= 0.3 is 0 Å². The van der Waals surface area contributed by atoms with Gasteiger partial charge in [0.05, 0.1) is 0 Å². The minimum Gasteiger partial charge on any atom is -0.353 e. The summed E-state index contributed by atoms with van der Waals surface area (Å²) in [6.45, 7) is 4.49. The van der Waals surface area contributed by atoms with E-state index in [1.54, 1.807) is 25.4 Å². The van der Waals surface area contributed by atoms with Crippen molar-refractivity contribution in [3.8, 4) is 11.1 Å². The number of anilines is 1. The molecule has 0 N–H and O–H groups in total. The van der Waals surface area contributed by atoms with Crippen LogP contribution in [0.15, 0.2) is 67.1 Å². The molecule has 1 amide bonds. The summed E-state index contributed by atoms with van der Waals surface area (Å²) >= 11 is 0. The number of aromatic nitrogens is 3. The molecule has 3 aromatic heterocycles. The standard InChI is InChI=1S/C24H22FN5O/c1-17-14-18(5-7-20(17)25)19-6-8-23-27-21(16-30(23)15-19)24(31)29-12-10-28(11-13-29)22-4-2-3-9-26-22/h2-9,14-16H,10-13H2,1H3. The summed E-state index contributed by atoms with van der Waals surface area (Å²) in [5.41, 5.74) is 3.60. The number of rotatable bonds is 3. The second-order valence-electron chi connectivity index (χ2n) is 7.74.